The zero-order valence-corrected chi connectivity index (χ0v) is 22.2. The second-order valence-corrected chi connectivity index (χ2v) is 10.9. The van der Waals surface area contributed by atoms with Crippen molar-refractivity contribution in [2.75, 3.05) is 5.32 Å². The van der Waals surface area contributed by atoms with Gasteiger partial charge in [0.1, 0.15) is 29.0 Å². The highest BCUT2D eigenvalue weighted by atomic mass is 32.2. The van der Waals surface area contributed by atoms with Gasteiger partial charge in [0.05, 0.1) is 11.4 Å². The number of carbonyl (C=O) groups is 1. The summed E-state index contributed by atoms with van der Waals surface area (Å²) in [7, 11) is -3.88. The first-order valence-corrected chi connectivity index (χ1v) is 13.5. The number of sulfonamides is 1. The van der Waals surface area contributed by atoms with E-state index >= 15 is 0 Å². The number of furan rings is 1. The van der Waals surface area contributed by atoms with E-state index in [0.717, 1.165) is 16.7 Å². The molecule has 0 bridgehead atoms. The SMILES string of the molecule is Cc1ccc(CN(Cc2ccc(C=C(C#N)C(=O)Nc3ccc(F)cc3)o2)S(=O)(=O)c2ccc(C)cc2)cc1. The van der Waals surface area contributed by atoms with Crippen molar-refractivity contribution in [3.05, 3.63) is 125 Å². The number of nitrogens with zero attached hydrogens (tertiary/aromatic N) is 2. The van der Waals surface area contributed by atoms with Crippen LogP contribution in [-0.4, -0.2) is 18.6 Å². The molecular formula is C30H26FN3O4S. The number of hydrogen-bond acceptors (Lipinski definition) is 5. The molecule has 0 saturated heterocycles. The molecule has 1 N–H and O–H groups in total. The highest BCUT2D eigenvalue weighted by Gasteiger charge is 2.26. The summed E-state index contributed by atoms with van der Waals surface area (Å²) >= 11 is 0. The molecule has 1 heterocycles. The van der Waals surface area contributed by atoms with Crippen LogP contribution in [0.25, 0.3) is 6.08 Å². The molecule has 3 aromatic carbocycles. The van der Waals surface area contributed by atoms with E-state index < -0.39 is 21.7 Å². The molecule has 0 aliphatic rings. The summed E-state index contributed by atoms with van der Waals surface area (Å²) in [5, 5.41) is 12.0. The Morgan fingerprint density at radius 3 is 2.15 bits per heavy atom. The molecule has 39 heavy (non-hydrogen) atoms. The molecule has 1 amide bonds. The lowest BCUT2D eigenvalue weighted by Crippen LogP contribution is -2.30. The summed E-state index contributed by atoms with van der Waals surface area (Å²) in [5.74, 6) is -0.600. The van der Waals surface area contributed by atoms with Crippen LogP contribution < -0.4 is 5.32 Å². The third kappa shape index (κ3) is 7.08. The topological polar surface area (TPSA) is 103 Å². The molecule has 1 aromatic heterocycles. The molecule has 0 aliphatic carbocycles. The Morgan fingerprint density at radius 1 is 0.923 bits per heavy atom. The quantitative estimate of drug-likeness (QED) is 0.207. The summed E-state index contributed by atoms with van der Waals surface area (Å²) < 4.78 is 47.4. The molecule has 9 heteroatoms. The fourth-order valence-electron chi connectivity index (χ4n) is 3.74. The van der Waals surface area contributed by atoms with Crippen molar-refractivity contribution in [3.63, 3.8) is 0 Å². The highest BCUT2D eigenvalue weighted by Crippen LogP contribution is 2.23. The van der Waals surface area contributed by atoms with Gasteiger partial charge in [-0.15, -0.1) is 0 Å². The fourth-order valence-corrected chi connectivity index (χ4v) is 5.13. The number of carbonyl (C=O) groups excluding carboxylic acids is 1. The van der Waals surface area contributed by atoms with Crippen molar-refractivity contribution in [1.82, 2.24) is 4.31 Å². The monoisotopic (exact) mass is 543 g/mol. The largest absolute Gasteiger partial charge is 0.460 e. The van der Waals surface area contributed by atoms with Gasteiger partial charge in [0.25, 0.3) is 5.91 Å². The molecule has 0 aliphatic heterocycles. The smallest absolute Gasteiger partial charge is 0.266 e. The average Bonchev–Trinajstić information content (AvgIpc) is 3.36. The lowest BCUT2D eigenvalue weighted by atomic mass is 10.1. The Hall–Kier alpha value is -4.52. The minimum absolute atomic E-state index is 0.0679. The standard InChI is InChI=1S/C30H26FN3O4S/c1-21-3-7-23(8-4-21)19-34(39(36,37)29-15-5-22(2)6-16-29)20-28-14-13-27(38-28)17-24(18-32)30(35)33-26-11-9-25(31)10-12-26/h3-17H,19-20H2,1-2H3,(H,33,35). The van der Waals surface area contributed by atoms with Crippen LogP contribution >= 0.6 is 0 Å². The van der Waals surface area contributed by atoms with E-state index in [-0.39, 0.29) is 29.3 Å². The third-order valence-corrected chi connectivity index (χ3v) is 7.71. The molecule has 0 atom stereocenters. The van der Waals surface area contributed by atoms with Gasteiger partial charge in [-0.3, -0.25) is 4.79 Å². The predicted octanol–water partition coefficient (Wildman–Crippen LogP) is 5.97. The lowest BCUT2D eigenvalue weighted by Gasteiger charge is -2.21. The molecule has 198 valence electrons. The van der Waals surface area contributed by atoms with Crippen LogP contribution in [0.15, 0.2) is 99.8 Å². The van der Waals surface area contributed by atoms with Crippen LogP contribution in [-0.2, 0) is 27.9 Å². The van der Waals surface area contributed by atoms with Gasteiger partial charge in [-0.1, -0.05) is 47.5 Å². The maximum Gasteiger partial charge on any atom is 0.266 e. The van der Waals surface area contributed by atoms with Crippen molar-refractivity contribution in [2.45, 2.75) is 31.8 Å². The van der Waals surface area contributed by atoms with Crippen LogP contribution in [0.5, 0.6) is 0 Å². The van der Waals surface area contributed by atoms with E-state index in [1.54, 1.807) is 36.4 Å². The zero-order chi connectivity index (χ0) is 28.0. The van der Waals surface area contributed by atoms with Gasteiger partial charge in [0, 0.05) is 18.3 Å². The number of rotatable bonds is 9. The van der Waals surface area contributed by atoms with Crippen LogP contribution in [0.4, 0.5) is 10.1 Å². The summed E-state index contributed by atoms with van der Waals surface area (Å²) in [5.41, 5.74) is 2.91. The number of hydrogen-bond donors (Lipinski definition) is 1. The fraction of sp³-hybridized carbons (Fsp3) is 0.133. The first-order valence-electron chi connectivity index (χ1n) is 12.0. The van der Waals surface area contributed by atoms with E-state index in [1.807, 2.05) is 44.2 Å². The molecule has 0 radical (unpaired) electrons. The Balaban J connectivity index is 1.57. The molecular weight excluding hydrogens is 517 g/mol. The average molecular weight is 544 g/mol. The van der Waals surface area contributed by atoms with Crippen LogP contribution in [0, 0.1) is 31.0 Å². The summed E-state index contributed by atoms with van der Waals surface area (Å²) in [4.78, 5) is 12.7. The van der Waals surface area contributed by atoms with E-state index in [0.29, 0.717) is 11.4 Å². The number of nitrogens with one attached hydrogen (secondary N) is 1. The Kier molecular flexibility index (Phi) is 8.39. The minimum atomic E-state index is -3.88. The maximum absolute atomic E-state index is 13.6. The van der Waals surface area contributed by atoms with Gasteiger partial charge in [-0.2, -0.15) is 9.57 Å². The van der Waals surface area contributed by atoms with Gasteiger partial charge in [0.2, 0.25) is 10.0 Å². The second kappa shape index (κ2) is 11.9. The van der Waals surface area contributed by atoms with Gasteiger partial charge >= 0.3 is 0 Å². The number of amides is 1. The third-order valence-electron chi connectivity index (χ3n) is 5.91. The lowest BCUT2D eigenvalue weighted by molar-refractivity contribution is -0.112. The van der Waals surface area contributed by atoms with Crippen molar-refractivity contribution in [3.8, 4) is 6.07 Å². The Labute approximate surface area is 226 Å². The first-order chi connectivity index (χ1) is 18.6. The first kappa shape index (κ1) is 27.5. The normalized spacial score (nSPS) is 11.8. The van der Waals surface area contributed by atoms with Crippen molar-refractivity contribution < 1.29 is 22.0 Å². The van der Waals surface area contributed by atoms with Gasteiger partial charge in [-0.25, -0.2) is 12.8 Å². The van der Waals surface area contributed by atoms with Crippen molar-refractivity contribution in [2.24, 2.45) is 0 Å². The molecule has 4 rings (SSSR count). The summed E-state index contributed by atoms with van der Waals surface area (Å²) in [6.07, 6.45) is 1.27. The van der Waals surface area contributed by atoms with E-state index in [1.165, 1.54) is 34.6 Å². The van der Waals surface area contributed by atoms with E-state index in [2.05, 4.69) is 5.32 Å². The van der Waals surface area contributed by atoms with E-state index in [9.17, 15) is 22.9 Å². The second-order valence-electron chi connectivity index (χ2n) is 9.01. The van der Waals surface area contributed by atoms with Gasteiger partial charge in [-0.05, 0) is 67.9 Å². The number of nitriles is 1. The Morgan fingerprint density at radius 2 is 1.54 bits per heavy atom. The number of benzene rings is 3. The zero-order valence-electron chi connectivity index (χ0n) is 21.4. The summed E-state index contributed by atoms with van der Waals surface area (Å²) in [6.45, 7) is 3.89. The molecule has 0 spiro atoms. The molecule has 0 unspecified atom stereocenters. The number of aryl methyl sites for hydroxylation is 2. The van der Waals surface area contributed by atoms with Crippen molar-refractivity contribution in [1.29, 1.82) is 5.26 Å². The van der Waals surface area contributed by atoms with Crippen molar-refractivity contribution >= 4 is 27.7 Å². The van der Waals surface area contributed by atoms with Gasteiger partial charge < -0.3 is 9.73 Å². The molecule has 4 aromatic rings. The maximum atomic E-state index is 13.6. The number of anilines is 1. The summed E-state index contributed by atoms with van der Waals surface area (Å²) in [6, 6.07) is 24.4. The van der Waals surface area contributed by atoms with Crippen LogP contribution in [0.3, 0.4) is 0 Å². The molecule has 7 nitrogen and oxygen atoms in total. The van der Waals surface area contributed by atoms with Gasteiger partial charge in [0.15, 0.2) is 0 Å². The predicted molar refractivity (Wildman–Crippen MR) is 146 cm³/mol. The van der Waals surface area contributed by atoms with Crippen LogP contribution in [0.2, 0.25) is 0 Å². The van der Waals surface area contributed by atoms with E-state index in [4.69, 9.17) is 4.42 Å². The number of halogens is 1. The molecule has 0 fully saturated rings. The Bertz CT molecular complexity index is 1630. The minimum Gasteiger partial charge on any atom is -0.460 e. The van der Waals surface area contributed by atoms with Crippen LogP contribution in [0.1, 0.15) is 28.2 Å². The highest BCUT2D eigenvalue weighted by molar-refractivity contribution is 7.89. The molecule has 0 saturated carbocycles.